The average molecular weight is 355 g/mol. The van der Waals surface area contributed by atoms with Gasteiger partial charge in [0.2, 0.25) is 0 Å². The lowest BCUT2D eigenvalue weighted by atomic mass is 10.0. The van der Waals surface area contributed by atoms with Crippen molar-refractivity contribution in [1.82, 2.24) is 0 Å². The number of hydrogen-bond donors (Lipinski definition) is 0. The van der Waals surface area contributed by atoms with Crippen LogP contribution in [0.1, 0.15) is 124 Å². The molecule has 0 fully saturated rings. The third-order valence-electron chi connectivity index (χ3n) is 5.66. The molecule has 1 nitrogen and oxygen atoms in total. The van der Waals surface area contributed by atoms with E-state index in [-0.39, 0.29) is 0 Å². The quantitative estimate of drug-likeness (QED) is 0.163. The zero-order valence-corrected chi connectivity index (χ0v) is 18.8. The van der Waals surface area contributed by atoms with Gasteiger partial charge in [-0.1, -0.05) is 97.8 Å². The Morgan fingerprint density at radius 3 is 1.28 bits per heavy atom. The summed E-state index contributed by atoms with van der Waals surface area (Å²) in [6.45, 7) is 9.71. The smallest absolute Gasteiger partial charge is 0.0782 e. The Balaban J connectivity index is 3.25. The summed E-state index contributed by atoms with van der Waals surface area (Å²) < 4.78 is 1.23. The Morgan fingerprint density at radius 1 is 0.520 bits per heavy atom. The van der Waals surface area contributed by atoms with Crippen molar-refractivity contribution in [2.24, 2.45) is 5.92 Å². The van der Waals surface area contributed by atoms with Crippen LogP contribution in [0.15, 0.2) is 0 Å². The molecule has 0 saturated heterocycles. The Morgan fingerprint density at radius 2 is 0.880 bits per heavy atom. The predicted octanol–water partition coefficient (Wildman–Crippen LogP) is 7.98. The third-order valence-corrected chi connectivity index (χ3v) is 5.66. The molecule has 0 spiro atoms. The molecule has 0 aliphatic rings. The number of quaternary nitrogens is 1. The second kappa shape index (κ2) is 17.4. The fraction of sp³-hybridized carbons (Fsp3) is 1.00. The molecule has 0 aliphatic heterocycles. The summed E-state index contributed by atoms with van der Waals surface area (Å²) in [7, 11) is 4.84. The van der Waals surface area contributed by atoms with E-state index in [0.29, 0.717) is 0 Å². The van der Waals surface area contributed by atoms with Crippen LogP contribution in [-0.2, 0) is 0 Å². The molecule has 0 N–H and O–H groups in total. The SMILES string of the molecule is CCCCCCCCCCCCCCCC[N+](C)(C)CCCC(C)C. The summed E-state index contributed by atoms with van der Waals surface area (Å²) in [5.74, 6) is 0.862. The molecule has 152 valence electrons. The molecule has 0 bridgehead atoms. The minimum atomic E-state index is 0.862. The van der Waals surface area contributed by atoms with Gasteiger partial charge in [0.1, 0.15) is 0 Å². The molecular weight excluding hydrogens is 302 g/mol. The van der Waals surface area contributed by atoms with E-state index in [4.69, 9.17) is 0 Å². The minimum absolute atomic E-state index is 0.862. The van der Waals surface area contributed by atoms with Crippen LogP contribution in [0.3, 0.4) is 0 Å². The van der Waals surface area contributed by atoms with Gasteiger partial charge in [-0.2, -0.15) is 0 Å². The second-order valence-corrected chi connectivity index (χ2v) is 9.52. The largest absolute Gasteiger partial charge is 0.328 e. The van der Waals surface area contributed by atoms with Crippen LogP contribution in [0.2, 0.25) is 0 Å². The highest BCUT2D eigenvalue weighted by Gasteiger charge is 2.13. The summed E-state index contributed by atoms with van der Waals surface area (Å²) in [6, 6.07) is 0. The maximum absolute atomic E-state index is 2.42. The first-order valence-corrected chi connectivity index (χ1v) is 11.8. The molecule has 0 unspecified atom stereocenters. The molecule has 0 heterocycles. The van der Waals surface area contributed by atoms with Crippen molar-refractivity contribution in [2.75, 3.05) is 27.2 Å². The van der Waals surface area contributed by atoms with E-state index in [2.05, 4.69) is 34.9 Å². The Bertz CT molecular complexity index is 257. The normalized spacial score (nSPS) is 12.2. The van der Waals surface area contributed by atoms with Gasteiger partial charge in [-0.15, -0.1) is 0 Å². The standard InChI is InChI=1S/C24H52N/c1-6-7-8-9-10-11-12-13-14-15-16-17-18-19-22-25(4,5)23-20-21-24(2)3/h24H,6-23H2,1-5H3/q+1. The topological polar surface area (TPSA) is 0 Å². The van der Waals surface area contributed by atoms with Crippen LogP contribution in [0.5, 0.6) is 0 Å². The molecule has 0 amide bonds. The predicted molar refractivity (Wildman–Crippen MR) is 116 cm³/mol. The van der Waals surface area contributed by atoms with Gasteiger partial charge in [0.05, 0.1) is 27.2 Å². The van der Waals surface area contributed by atoms with E-state index in [9.17, 15) is 0 Å². The maximum Gasteiger partial charge on any atom is 0.0782 e. The first kappa shape index (κ1) is 25.0. The average Bonchev–Trinajstić information content (AvgIpc) is 2.54. The molecule has 0 saturated carbocycles. The van der Waals surface area contributed by atoms with E-state index in [1.54, 1.807) is 0 Å². The summed E-state index contributed by atoms with van der Waals surface area (Å²) >= 11 is 0. The second-order valence-electron chi connectivity index (χ2n) is 9.52. The molecule has 0 radical (unpaired) electrons. The summed E-state index contributed by atoms with van der Waals surface area (Å²) in [6.07, 6.45) is 23.2. The van der Waals surface area contributed by atoms with Crippen LogP contribution in [0, 0.1) is 5.92 Å². The first-order valence-electron chi connectivity index (χ1n) is 11.8. The lowest BCUT2D eigenvalue weighted by molar-refractivity contribution is -0.890. The fourth-order valence-corrected chi connectivity index (χ4v) is 3.77. The van der Waals surface area contributed by atoms with Crippen molar-refractivity contribution >= 4 is 0 Å². The van der Waals surface area contributed by atoms with Gasteiger partial charge in [-0.25, -0.2) is 0 Å². The first-order chi connectivity index (χ1) is 12.0. The van der Waals surface area contributed by atoms with Crippen molar-refractivity contribution < 1.29 is 4.48 Å². The number of hydrogen-bond acceptors (Lipinski definition) is 0. The molecule has 0 aromatic rings. The number of nitrogens with zero attached hydrogens (tertiary/aromatic N) is 1. The molecular formula is C24H52N+. The highest BCUT2D eigenvalue weighted by atomic mass is 15.3. The molecule has 0 aliphatic carbocycles. The van der Waals surface area contributed by atoms with Crippen LogP contribution in [0.4, 0.5) is 0 Å². The van der Waals surface area contributed by atoms with Gasteiger partial charge < -0.3 is 4.48 Å². The lowest BCUT2D eigenvalue weighted by Crippen LogP contribution is -2.41. The molecule has 0 aromatic heterocycles. The van der Waals surface area contributed by atoms with Crippen molar-refractivity contribution in [3.8, 4) is 0 Å². The van der Waals surface area contributed by atoms with Crippen LogP contribution >= 0.6 is 0 Å². The highest BCUT2D eigenvalue weighted by Crippen LogP contribution is 2.14. The van der Waals surface area contributed by atoms with Crippen LogP contribution in [0.25, 0.3) is 0 Å². The van der Waals surface area contributed by atoms with E-state index < -0.39 is 0 Å². The van der Waals surface area contributed by atoms with Gasteiger partial charge in [0.15, 0.2) is 0 Å². The van der Waals surface area contributed by atoms with E-state index >= 15 is 0 Å². The van der Waals surface area contributed by atoms with E-state index in [1.165, 1.54) is 120 Å². The Hall–Kier alpha value is -0.0400. The zero-order valence-electron chi connectivity index (χ0n) is 18.8. The van der Waals surface area contributed by atoms with Gasteiger partial charge in [-0.05, 0) is 31.6 Å². The summed E-state index contributed by atoms with van der Waals surface area (Å²) in [5.41, 5.74) is 0. The van der Waals surface area contributed by atoms with Gasteiger partial charge in [-0.3, -0.25) is 0 Å². The van der Waals surface area contributed by atoms with Crippen LogP contribution < -0.4 is 0 Å². The summed E-state index contributed by atoms with van der Waals surface area (Å²) in [5, 5.41) is 0. The molecule has 0 aromatic carbocycles. The molecule has 25 heavy (non-hydrogen) atoms. The van der Waals surface area contributed by atoms with Gasteiger partial charge >= 0.3 is 0 Å². The van der Waals surface area contributed by atoms with Crippen LogP contribution in [-0.4, -0.2) is 31.7 Å². The fourth-order valence-electron chi connectivity index (χ4n) is 3.77. The molecule has 0 atom stereocenters. The summed E-state index contributed by atoms with van der Waals surface area (Å²) in [4.78, 5) is 0. The maximum atomic E-state index is 2.42. The Kier molecular flexibility index (Phi) is 17.3. The number of unbranched alkanes of at least 4 members (excludes halogenated alkanes) is 13. The number of rotatable bonds is 19. The van der Waals surface area contributed by atoms with E-state index in [1.807, 2.05) is 0 Å². The van der Waals surface area contributed by atoms with Gasteiger partial charge in [0.25, 0.3) is 0 Å². The van der Waals surface area contributed by atoms with E-state index in [0.717, 1.165) is 5.92 Å². The third kappa shape index (κ3) is 20.1. The minimum Gasteiger partial charge on any atom is -0.328 e. The molecule has 1 heteroatoms. The van der Waals surface area contributed by atoms with Crippen molar-refractivity contribution in [3.05, 3.63) is 0 Å². The van der Waals surface area contributed by atoms with Crippen molar-refractivity contribution in [1.29, 1.82) is 0 Å². The highest BCUT2D eigenvalue weighted by molar-refractivity contribution is 4.50. The van der Waals surface area contributed by atoms with Crippen molar-refractivity contribution in [3.63, 3.8) is 0 Å². The van der Waals surface area contributed by atoms with Crippen molar-refractivity contribution in [2.45, 2.75) is 124 Å². The van der Waals surface area contributed by atoms with Gasteiger partial charge in [0, 0.05) is 0 Å². The zero-order chi connectivity index (χ0) is 18.8. The lowest BCUT2D eigenvalue weighted by Gasteiger charge is -2.30. The monoisotopic (exact) mass is 354 g/mol. The molecule has 0 rings (SSSR count). The Labute approximate surface area is 161 Å².